The Bertz CT molecular complexity index is 357. The summed E-state index contributed by atoms with van der Waals surface area (Å²) in [6.07, 6.45) is -0.494. The molecule has 1 aromatic rings. The third kappa shape index (κ3) is 2.89. The lowest BCUT2D eigenvalue weighted by Gasteiger charge is -2.30. The van der Waals surface area contributed by atoms with Crippen LogP contribution >= 0.6 is 12.4 Å². The first-order valence-electron chi connectivity index (χ1n) is 4.94. The van der Waals surface area contributed by atoms with Gasteiger partial charge in [-0.2, -0.15) is 0 Å². The molecule has 0 aliphatic carbocycles. The zero-order valence-corrected chi connectivity index (χ0v) is 9.37. The first kappa shape index (κ1) is 13.3. The summed E-state index contributed by atoms with van der Waals surface area (Å²) in [4.78, 5) is 0. The summed E-state index contributed by atoms with van der Waals surface area (Å²) in [7, 11) is 0. The Balaban J connectivity index is 0.00000128. The van der Waals surface area contributed by atoms with Crippen LogP contribution in [-0.4, -0.2) is 12.5 Å². The lowest BCUT2D eigenvalue weighted by Crippen LogP contribution is -2.38. The largest absolute Gasteiger partial charge is 0.309 e. The predicted molar refractivity (Wildman–Crippen MR) is 58.6 cm³/mol. The van der Waals surface area contributed by atoms with E-state index in [1.807, 2.05) is 0 Å². The number of rotatable bonds is 1. The molecule has 2 rings (SSSR count). The normalized spacial score (nSPS) is 23.6. The third-order valence-electron chi connectivity index (χ3n) is 2.66. The van der Waals surface area contributed by atoms with Gasteiger partial charge in [-0.3, -0.25) is 0 Å². The Kier molecular flexibility index (Phi) is 4.21. The Hall–Kier alpha value is -0.740. The predicted octanol–water partition coefficient (Wildman–Crippen LogP) is 3.31. The Morgan fingerprint density at radius 3 is 2.56 bits per heavy atom. The van der Waals surface area contributed by atoms with Gasteiger partial charge >= 0.3 is 0 Å². The fraction of sp³-hybridized carbons (Fsp3) is 0.455. The van der Waals surface area contributed by atoms with Gasteiger partial charge in [-0.1, -0.05) is 18.2 Å². The van der Waals surface area contributed by atoms with E-state index in [0.29, 0.717) is 5.56 Å². The SMILES string of the molecule is Cl.Fc1ccccc1C1CC(F)(F)CCN1. The molecule has 90 valence electrons. The van der Waals surface area contributed by atoms with E-state index in [4.69, 9.17) is 0 Å². The van der Waals surface area contributed by atoms with Crippen LogP contribution in [0.25, 0.3) is 0 Å². The second-order valence-electron chi connectivity index (χ2n) is 3.84. The van der Waals surface area contributed by atoms with E-state index in [-0.39, 0.29) is 31.8 Å². The fourth-order valence-corrected chi connectivity index (χ4v) is 1.88. The highest BCUT2D eigenvalue weighted by Gasteiger charge is 2.37. The highest BCUT2D eigenvalue weighted by Crippen LogP contribution is 2.35. The summed E-state index contributed by atoms with van der Waals surface area (Å²) in [6.45, 7) is 0.228. The van der Waals surface area contributed by atoms with Crippen LogP contribution in [0.15, 0.2) is 24.3 Å². The molecule has 1 aliphatic heterocycles. The van der Waals surface area contributed by atoms with Crippen LogP contribution in [0.5, 0.6) is 0 Å². The van der Waals surface area contributed by atoms with Crippen molar-refractivity contribution < 1.29 is 13.2 Å². The van der Waals surface area contributed by atoms with Gasteiger partial charge in [0.1, 0.15) is 5.82 Å². The van der Waals surface area contributed by atoms with Crippen LogP contribution < -0.4 is 5.32 Å². The molecule has 1 N–H and O–H groups in total. The van der Waals surface area contributed by atoms with Crippen molar-refractivity contribution in [2.75, 3.05) is 6.54 Å². The van der Waals surface area contributed by atoms with Crippen molar-refractivity contribution in [2.45, 2.75) is 24.8 Å². The Morgan fingerprint density at radius 2 is 1.94 bits per heavy atom. The molecule has 5 heteroatoms. The highest BCUT2D eigenvalue weighted by atomic mass is 35.5. The summed E-state index contributed by atoms with van der Waals surface area (Å²) in [5.74, 6) is -3.11. The molecule has 1 heterocycles. The molecular weight excluding hydrogens is 239 g/mol. The Morgan fingerprint density at radius 1 is 1.25 bits per heavy atom. The molecule has 1 aromatic carbocycles. The van der Waals surface area contributed by atoms with Gasteiger partial charge in [0.25, 0.3) is 5.92 Å². The maximum absolute atomic E-state index is 13.3. The number of halogens is 4. The van der Waals surface area contributed by atoms with Crippen molar-refractivity contribution >= 4 is 12.4 Å². The average molecular weight is 252 g/mol. The standard InChI is InChI=1S/C11H12F3N.ClH/c12-9-4-2-1-3-8(9)10-7-11(13,14)5-6-15-10;/h1-4,10,15H,5-7H2;1H. The third-order valence-corrected chi connectivity index (χ3v) is 2.66. The second-order valence-corrected chi connectivity index (χ2v) is 3.84. The molecule has 16 heavy (non-hydrogen) atoms. The quantitative estimate of drug-likeness (QED) is 0.808. The van der Waals surface area contributed by atoms with Crippen LogP contribution in [0.3, 0.4) is 0 Å². The van der Waals surface area contributed by atoms with Crippen LogP contribution in [0.4, 0.5) is 13.2 Å². The van der Waals surface area contributed by atoms with Gasteiger partial charge in [0.05, 0.1) is 0 Å². The minimum Gasteiger partial charge on any atom is -0.309 e. The van der Waals surface area contributed by atoms with E-state index in [1.54, 1.807) is 18.2 Å². The zero-order valence-electron chi connectivity index (χ0n) is 8.55. The minimum atomic E-state index is -2.68. The molecule has 1 unspecified atom stereocenters. The number of hydrogen-bond acceptors (Lipinski definition) is 1. The molecule has 0 amide bonds. The topological polar surface area (TPSA) is 12.0 Å². The highest BCUT2D eigenvalue weighted by molar-refractivity contribution is 5.85. The Labute approximate surface area is 98.4 Å². The van der Waals surface area contributed by atoms with Gasteiger partial charge in [0.2, 0.25) is 0 Å². The molecule has 0 saturated carbocycles. The van der Waals surface area contributed by atoms with Gasteiger partial charge in [-0.05, 0) is 6.07 Å². The fourth-order valence-electron chi connectivity index (χ4n) is 1.88. The zero-order chi connectivity index (χ0) is 10.9. The number of alkyl halides is 2. The number of piperidine rings is 1. The summed E-state index contributed by atoms with van der Waals surface area (Å²) >= 11 is 0. The average Bonchev–Trinajstić information content (AvgIpc) is 2.17. The van der Waals surface area contributed by atoms with E-state index in [9.17, 15) is 13.2 Å². The van der Waals surface area contributed by atoms with E-state index < -0.39 is 17.8 Å². The van der Waals surface area contributed by atoms with Crippen LogP contribution in [-0.2, 0) is 0 Å². The van der Waals surface area contributed by atoms with Gasteiger partial charge in [0, 0.05) is 31.0 Å². The molecule has 0 bridgehead atoms. The first-order valence-corrected chi connectivity index (χ1v) is 4.94. The van der Waals surface area contributed by atoms with E-state index >= 15 is 0 Å². The lowest BCUT2D eigenvalue weighted by atomic mass is 9.94. The van der Waals surface area contributed by atoms with E-state index in [1.165, 1.54) is 6.07 Å². The molecule has 1 fully saturated rings. The lowest BCUT2D eigenvalue weighted by molar-refractivity contribution is -0.0418. The molecule has 1 saturated heterocycles. The van der Waals surface area contributed by atoms with Crippen molar-refractivity contribution in [3.05, 3.63) is 35.6 Å². The number of hydrogen-bond donors (Lipinski definition) is 1. The number of nitrogens with one attached hydrogen (secondary N) is 1. The molecule has 0 aromatic heterocycles. The van der Waals surface area contributed by atoms with Gasteiger partial charge in [-0.15, -0.1) is 12.4 Å². The summed E-state index contributed by atoms with van der Waals surface area (Å²) in [5.41, 5.74) is 0.330. The van der Waals surface area contributed by atoms with Crippen molar-refractivity contribution in [1.29, 1.82) is 0 Å². The first-order chi connectivity index (χ1) is 7.08. The van der Waals surface area contributed by atoms with Crippen molar-refractivity contribution in [3.63, 3.8) is 0 Å². The van der Waals surface area contributed by atoms with Crippen LogP contribution in [0.2, 0.25) is 0 Å². The summed E-state index contributed by atoms with van der Waals surface area (Å²) in [5, 5.41) is 2.91. The van der Waals surface area contributed by atoms with Crippen molar-refractivity contribution in [3.8, 4) is 0 Å². The van der Waals surface area contributed by atoms with Crippen molar-refractivity contribution in [1.82, 2.24) is 5.32 Å². The van der Waals surface area contributed by atoms with Crippen molar-refractivity contribution in [2.24, 2.45) is 0 Å². The van der Waals surface area contributed by atoms with E-state index in [2.05, 4.69) is 5.32 Å². The number of benzene rings is 1. The smallest absolute Gasteiger partial charge is 0.251 e. The summed E-state index contributed by atoms with van der Waals surface area (Å²) < 4.78 is 39.6. The van der Waals surface area contributed by atoms with Crippen LogP contribution in [0.1, 0.15) is 24.4 Å². The van der Waals surface area contributed by atoms with Crippen LogP contribution in [0, 0.1) is 5.82 Å². The molecular formula is C11H13ClF3N. The van der Waals surface area contributed by atoms with E-state index in [0.717, 1.165) is 0 Å². The van der Waals surface area contributed by atoms with Gasteiger partial charge in [0.15, 0.2) is 0 Å². The maximum atomic E-state index is 13.3. The maximum Gasteiger partial charge on any atom is 0.251 e. The monoisotopic (exact) mass is 251 g/mol. The molecule has 1 atom stereocenters. The minimum absolute atomic E-state index is 0. The molecule has 0 radical (unpaired) electrons. The summed E-state index contributed by atoms with van der Waals surface area (Å²) in [6, 6.07) is 5.49. The second kappa shape index (κ2) is 5.06. The molecule has 1 nitrogen and oxygen atoms in total. The van der Waals surface area contributed by atoms with Gasteiger partial charge < -0.3 is 5.32 Å². The molecule has 1 aliphatic rings. The molecule has 0 spiro atoms. The van der Waals surface area contributed by atoms with Gasteiger partial charge in [-0.25, -0.2) is 13.2 Å².